The monoisotopic (exact) mass is 354 g/mol. The SMILES string of the molecule is OCC1CCCN1c1nc(Nc2ccc3c(c2)OCO3)c2[nH]cnc2n1. The molecule has 1 aromatic carbocycles. The molecular weight excluding hydrogens is 336 g/mol. The van der Waals surface area contributed by atoms with Crippen molar-refractivity contribution in [1.82, 2.24) is 19.9 Å². The van der Waals surface area contributed by atoms with Crippen LogP contribution in [-0.4, -0.2) is 51.0 Å². The summed E-state index contributed by atoms with van der Waals surface area (Å²) >= 11 is 0. The zero-order chi connectivity index (χ0) is 17.5. The van der Waals surface area contributed by atoms with Crippen molar-refractivity contribution in [1.29, 1.82) is 0 Å². The van der Waals surface area contributed by atoms with Gasteiger partial charge in [0.25, 0.3) is 0 Å². The quantitative estimate of drug-likeness (QED) is 0.651. The van der Waals surface area contributed by atoms with Crippen molar-refractivity contribution in [3.8, 4) is 11.5 Å². The van der Waals surface area contributed by atoms with Crippen molar-refractivity contribution in [3.05, 3.63) is 24.5 Å². The fourth-order valence-corrected chi connectivity index (χ4v) is 3.44. The van der Waals surface area contributed by atoms with E-state index in [4.69, 9.17) is 14.5 Å². The van der Waals surface area contributed by atoms with Gasteiger partial charge in [0.05, 0.1) is 19.0 Å². The van der Waals surface area contributed by atoms with Crippen LogP contribution in [0.15, 0.2) is 24.5 Å². The highest BCUT2D eigenvalue weighted by atomic mass is 16.7. The summed E-state index contributed by atoms with van der Waals surface area (Å²) in [6, 6.07) is 5.69. The molecule has 1 saturated heterocycles. The van der Waals surface area contributed by atoms with Crippen LogP contribution in [0.1, 0.15) is 12.8 Å². The number of fused-ring (bicyclic) bond motifs is 2. The maximum absolute atomic E-state index is 9.60. The molecule has 2 aromatic heterocycles. The fourth-order valence-electron chi connectivity index (χ4n) is 3.44. The lowest BCUT2D eigenvalue weighted by Gasteiger charge is -2.23. The van der Waals surface area contributed by atoms with Crippen molar-refractivity contribution in [2.75, 3.05) is 30.2 Å². The summed E-state index contributed by atoms with van der Waals surface area (Å²) in [5.41, 5.74) is 2.14. The number of hydrogen-bond donors (Lipinski definition) is 3. The molecule has 26 heavy (non-hydrogen) atoms. The molecule has 1 fully saturated rings. The van der Waals surface area contributed by atoms with Gasteiger partial charge in [-0.1, -0.05) is 0 Å². The molecule has 0 saturated carbocycles. The van der Waals surface area contributed by atoms with Crippen molar-refractivity contribution in [2.24, 2.45) is 0 Å². The minimum atomic E-state index is 0.0461. The molecule has 1 unspecified atom stereocenters. The normalized spacial score (nSPS) is 18.7. The second-order valence-electron chi connectivity index (χ2n) is 6.34. The molecule has 5 rings (SSSR count). The lowest BCUT2D eigenvalue weighted by Crippen LogP contribution is -2.33. The number of aliphatic hydroxyl groups excluding tert-OH is 1. The summed E-state index contributed by atoms with van der Waals surface area (Å²) < 4.78 is 10.8. The number of rotatable bonds is 4. The highest BCUT2D eigenvalue weighted by Crippen LogP contribution is 2.36. The van der Waals surface area contributed by atoms with Gasteiger partial charge in [-0.3, -0.25) is 0 Å². The summed E-state index contributed by atoms with van der Waals surface area (Å²) in [6.07, 6.45) is 3.54. The second kappa shape index (κ2) is 6.03. The Morgan fingerprint density at radius 1 is 1.27 bits per heavy atom. The molecule has 0 bridgehead atoms. The van der Waals surface area contributed by atoms with Gasteiger partial charge in [0.15, 0.2) is 23.0 Å². The zero-order valence-electron chi connectivity index (χ0n) is 14.0. The lowest BCUT2D eigenvalue weighted by atomic mass is 10.2. The predicted octanol–water partition coefficient (Wildman–Crippen LogP) is 1.79. The first kappa shape index (κ1) is 15.2. The van der Waals surface area contributed by atoms with E-state index in [1.165, 1.54) is 0 Å². The van der Waals surface area contributed by atoms with Gasteiger partial charge in [-0.15, -0.1) is 0 Å². The van der Waals surface area contributed by atoms with Crippen molar-refractivity contribution >= 4 is 28.6 Å². The van der Waals surface area contributed by atoms with Crippen LogP contribution in [0.5, 0.6) is 11.5 Å². The van der Waals surface area contributed by atoms with E-state index < -0.39 is 0 Å². The summed E-state index contributed by atoms with van der Waals surface area (Å²) in [4.78, 5) is 18.6. The van der Waals surface area contributed by atoms with Gasteiger partial charge in [0.2, 0.25) is 12.7 Å². The average molecular weight is 354 g/mol. The van der Waals surface area contributed by atoms with Crippen LogP contribution in [-0.2, 0) is 0 Å². The molecule has 2 aliphatic rings. The number of nitrogens with zero attached hydrogens (tertiary/aromatic N) is 4. The number of imidazole rings is 1. The molecule has 2 aliphatic heterocycles. The van der Waals surface area contributed by atoms with E-state index >= 15 is 0 Å². The summed E-state index contributed by atoms with van der Waals surface area (Å²) in [5, 5.41) is 12.9. The number of H-pyrrole nitrogens is 1. The maximum Gasteiger partial charge on any atom is 0.231 e. The Labute approximate surface area is 149 Å². The average Bonchev–Trinajstić information content (AvgIpc) is 3.40. The third-order valence-electron chi connectivity index (χ3n) is 4.75. The van der Waals surface area contributed by atoms with E-state index in [9.17, 15) is 5.11 Å². The van der Waals surface area contributed by atoms with Gasteiger partial charge in [-0.05, 0) is 25.0 Å². The zero-order valence-corrected chi connectivity index (χ0v) is 14.0. The number of aromatic amines is 1. The maximum atomic E-state index is 9.60. The predicted molar refractivity (Wildman–Crippen MR) is 95.0 cm³/mol. The smallest absolute Gasteiger partial charge is 0.231 e. The molecular formula is C17H18N6O3. The number of hydrogen-bond acceptors (Lipinski definition) is 8. The number of nitrogens with one attached hydrogen (secondary N) is 2. The second-order valence-corrected chi connectivity index (χ2v) is 6.34. The highest BCUT2D eigenvalue weighted by Gasteiger charge is 2.27. The van der Waals surface area contributed by atoms with Crippen molar-refractivity contribution in [3.63, 3.8) is 0 Å². The molecule has 9 nitrogen and oxygen atoms in total. The molecule has 0 aliphatic carbocycles. The molecule has 134 valence electrons. The largest absolute Gasteiger partial charge is 0.454 e. The van der Waals surface area contributed by atoms with Crippen molar-refractivity contribution in [2.45, 2.75) is 18.9 Å². The first-order valence-corrected chi connectivity index (χ1v) is 8.57. The molecule has 3 aromatic rings. The number of anilines is 3. The Balaban J connectivity index is 1.53. The Morgan fingerprint density at radius 2 is 2.19 bits per heavy atom. The van der Waals surface area contributed by atoms with Crippen LogP contribution >= 0.6 is 0 Å². The Kier molecular flexibility index (Phi) is 3.52. The van der Waals surface area contributed by atoms with E-state index in [2.05, 4.69) is 20.3 Å². The number of ether oxygens (including phenoxy) is 2. The highest BCUT2D eigenvalue weighted by molar-refractivity contribution is 5.86. The Hall–Kier alpha value is -3.07. The standard InChI is InChI=1S/C17H18N6O3/c24-7-11-2-1-5-23(11)17-21-15-14(18-8-19-15)16(22-17)20-10-3-4-12-13(6-10)26-9-25-12/h3-4,6,8,11,24H,1-2,5,7,9H2,(H2,18,19,20,21,22). The molecule has 0 amide bonds. The topological polar surface area (TPSA) is 108 Å². The summed E-state index contributed by atoms with van der Waals surface area (Å²) in [6.45, 7) is 1.15. The number of benzene rings is 1. The van der Waals surface area contributed by atoms with E-state index in [-0.39, 0.29) is 19.4 Å². The van der Waals surface area contributed by atoms with E-state index in [1.54, 1.807) is 6.33 Å². The van der Waals surface area contributed by atoms with Crippen LogP contribution in [0.4, 0.5) is 17.5 Å². The van der Waals surface area contributed by atoms with E-state index in [0.717, 1.165) is 36.3 Å². The number of aliphatic hydroxyl groups is 1. The Bertz CT molecular complexity index is 959. The van der Waals surface area contributed by atoms with Gasteiger partial charge in [0, 0.05) is 18.3 Å². The van der Waals surface area contributed by atoms with Gasteiger partial charge < -0.3 is 29.8 Å². The molecule has 1 atom stereocenters. The van der Waals surface area contributed by atoms with Crippen molar-refractivity contribution < 1.29 is 14.6 Å². The lowest BCUT2D eigenvalue weighted by molar-refractivity contribution is 0.174. The van der Waals surface area contributed by atoms with E-state index in [1.807, 2.05) is 23.1 Å². The van der Waals surface area contributed by atoms with Crippen LogP contribution in [0.2, 0.25) is 0 Å². The van der Waals surface area contributed by atoms with Gasteiger partial charge in [-0.25, -0.2) is 4.98 Å². The van der Waals surface area contributed by atoms with Gasteiger partial charge in [-0.2, -0.15) is 9.97 Å². The molecule has 0 spiro atoms. The van der Waals surface area contributed by atoms with Gasteiger partial charge >= 0.3 is 0 Å². The molecule has 0 radical (unpaired) electrons. The van der Waals surface area contributed by atoms with Crippen LogP contribution in [0, 0.1) is 0 Å². The molecule has 9 heteroatoms. The van der Waals surface area contributed by atoms with Crippen LogP contribution in [0.25, 0.3) is 11.2 Å². The first-order chi connectivity index (χ1) is 12.8. The summed E-state index contributed by atoms with van der Waals surface area (Å²) in [5.74, 6) is 2.63. The van der Waals surface area contributed by atoms with Gasteiger partial charge in [0.1, 0.15) is 5.52 Å². The first-order valence-electron chi connectivity index (χ1n) is 8.57. The summed E-state index contributed by atoms with van der Waals surface area (Å²) in [7, 11) is 0. The Morgan fingerprint density at radius 3 is 3.12 bits per heavy atom. The number of aromatic nitrogens is 4. The third-order valence-corrected chi connectivity index (χ3v) is 4.75. The molecule has 3 N–H and O–H groups in total. The minimum Gasteiger partial charge on any atom is -0.454 e. The fraction of sp³-hybridized carbons (Fsp3) is 0.353. The van der Waals surface area contributed by atoms with Crippen LogP contribution in [0.3, 0.4) is 0 Å². The third kappa shape index (κ3) is 2.48. The van der Waals surface area contributed by atoms with Crippen LogP contribution < -0.4 is 19.7 Å². The molecule has 4 heterocycles. The van der Waals surface area contributed by atoms with E-state index in [0.29, 0.717) is 23.2 Å². The minimum absolute atomic E-state index is 0.0461.